The standard InChI is InChI=1S/C19H26ClNO3/c1-18(2,3)16-15(13-5-4-6-14(20)11-13)12-19(24-16)7-9-21(10-8-19)17(22)23/h4-6,11,15-16H,7-10,12H2,1-3H3,(H,22,23). The Morgan fingerprint density at radius 3 is 2.54 bits per heavy atom. The number of halogens is 1. The normalized spacial score (nSPS) is 26.8. The smallest absolute Gasteiger partial charge is 0.407 e. The van der Waals surface area contributed by atoms with Crippen molar-refractivity contribution >= 4 is 17.7 Å². The highest BCUT2D eigenvalue weighted by Gasteiger charge is 2.51. The maximum Gasteiger partial charge on any atom is 0.407 e. The zero-order valence-electron chi connectivity index (χ0n) is 14.6. The van der Waals surface area contributed by atoms with Gasteiger partial charge >= 0.3 is 6.09 Å². The first-order chi connectivity index (χ1) is 11.2. The quantitative estimate of drug-likeness (QED) is 0.792. The van der Waals surface area contributed by atoms with E-state index in [-0.39, 0.29) is 17.1 Å². The van der Waals surface area contributed by atoms with Crippen LogP contribution in [0.5, 0.6) is 0 Å². The number of piperidine rings is 1. The van der Waals surface area contributed by atoms with Crippen LogP contribution in [0.2, 0.25) is 5.02 Å². The predicted octanol–water partition coefficient (Wildman–Crippen LogP) is 4.77. The van der Waals surface area contributed by atoms with Crippen LogP contribution < -0.4 is 0 Å². The minimum atomic E-state index is -0.832. The molecule has 0 radical (unpaired) electrons. The van der Waals surface area contributed by atoms with Crippen LogP contribution in [-0.4, -0.2) is 40.9 Å². The number of hydrogen-bond acceptors (Lipinski definition) is 2. The van der Waals surface area contributed by atoms with Crippen LogP contribution >= 0.6 is 11.6 Å². The Kier molecular flexibility index (Phi) is 4.56. The van der Waals surface area contributed by atoms with Gasteiger partial charge in [-0.05, 0) is 42.4 Å². The summed E-state index contributed by atoms with van der Waals surface area (Å²) in [4.78, 5) is 12.7. The number of hydrogen-bond donors (Lipinski definition) is 1. The summed E-state index contributed by atoms with van der Waals surface area (Å²) in [6.45, 7) is 7.73. The van der Waals surface area contributed by atoms with Gasteiger partial charge in [-0.25, -0.2) is 4.79 Å². The summed E-state index contributed by atoms with van der Waals surface area (Å²) in [6.07, 6.45) is 1.74. The lowest BCUT2D eigenvalue weighted by Crippen LogP contribution is -2.46. The molecule has 0 aromatic heterocycles. The first-order valence-corrected chi connectivity index (χ1v) is 8.99. The SMILES string of the molecule is CC(C)(C)C1OC2(CCN(C(=O)O)CC2)CC1c1cccc(Cl)c1. The summed E-state index contributed by atoms with van der Waals surface area (Å²) >= 11 is 6.20. The third-order valence-corrected chi connectivity index (χ3v) is 5.65. The molecule has 4 nitrogen and oxygen atoms in total. The largest absolute Gasteiger partial charge is 0.465 e. The Labute approximate surface area is 148 Å². The van der Waals surface area contributed by atoms with Crippen LogP contribution in [0.4, 0.5) is 4.79 Å². The van der Waals surface area contributed by atoms with Crippen LogP contribution in [0.15, 0.2) is 24.3 Å². The molecule has 1 amide bonds. The van der Waals surface area contributed by atoms with Gasteiger partial charge in [-0.2, -0.15) is 0 Å². The molecule has 5 heteroatoms. The second-order valence-corrected chi connectivity index (χ2v) is 8.66. The molecule has 132 valence electrons. The number of carbonyl (C=O) groups is 1. The number of amides is 1. The van der Waals surface area contributed by atoms with E-state index in [0.29, 0.717) is 19.0 Å². The van der Waals surface area contributed by atoms with Gasteiger partial charge in [0, 0.05) is 24.0 Å². The van der Waals surface area contributed by atoms with Crippen LogP contribution in [0.25, 0.3) is 0 Å². The van der Waals surface area contributed by atoms with Gasteiger partial charge in [0.05, 0.1) is 11.7 Å². The van der Waals surface area contributed by atoms with Gasteiger partial charge in [-0.15, -0.1) is 0 Å². The summed E-state index contributed by atoms with van der Waals surface area (Å²) in [5.41, 5.74) is 1.03. The van der Waals surface area contributed by atoms with Gasteiger partial charge in [0.1, 0.15) is 0 Å². The lowest BCUT2D eigenvalue weighted by Gasteiger charge is -2.39. The molecular weight excluding hydrogens is 326 g/mol. The molecule has 1 spiro atoms. The summed E-state index contributed by atoms with van der Waals surface area (Å²) < 4.78 is 6.63. The maximum atomic E-state index is 11.2. The van der Waals surface area contributed by atoms with Gasteiger partial charge in [0.25, 0.3) is 0 Å². The third kappa shape index (κ3) is 3.40. The van der Waals surface area contributed by atoms with E-state index in [1.807, 2.05) is 18.2 Å². The monoisotopic (exact) mass is 351 g/mol. The molecule has 24 heavy (non-hydrogen) atoms. The Bertz CT molecular complexity index is 617. The number of benzene rings is 1. The predicted molar refractivity (Wildman–Crippen MR) is 94.7 cm³/mol. The Morgan fingerprint density at radius 2 is 2.00 bits per heavy atom. The van der Waals surface area contributed by atoms with Crippen molar-refractivity contribution in [2.75, 3.05) is 13.1 Å². The molecule has 1 aromatic carbocycles. The van der Waals surface area contributed by atoms with E-state index in [1.54, 1.807) is 0 Å². The molecular formula is C19H26ClNO3. The highest BCUT2D eigenvalue weighted by atomic mass is 35.5. The van der Waals surface area contributed by atoms with Crippen LogP contribution in [0.3, 0.4) is 0 Å². The van der Waals surface area contributed by atoms with E-state index >= 15 is 0 Å². The molecule has 2 saturated heterocycles. The molecule has 1 N–H and O–H groups in total. The first kappa shape index (κ1) is 17.6. The lowest BCUT2D eigenvalue weighted by molar-refractivity contribution is -0.105. The van der Waals surface area contributed by atoms with Crippen molar-refractivity contribution in [2.24, 2.45) is 5.41 Å². The van der Waals surface area contributed by atoms with Crippen molar-refractivity contribution in [3.05, 3.63) is 34.9 Å². The van der Waals surface area contributed by atoms with E-state index in [0.717, 1.165) is 24.3 Å². The number of ether oxygens (including phenoxy) is 1. The fraction of sp³-hybridized carbons (Fsp3) is 0.632. The zero-order valence-corrected chi connectivity index (χ0v) is 15.3. The Morgan fingerprint density at radius 1 is 1.33 bits per heavy atom. The molecule has 0 aliphatic carbocycles. The molecule has 2 fully saturated rings. The Hall–Kier alpha value is -1.26. The fourth-order valence-electron chi connectivity index (χ4n) is 4.15. The van der Waals surface area contributed by atoms with Crippen molar-refractivity contribution in [1.82, 2.24) is 4.90 Å². The first-order valence-electron chi connectivity index (χ1n) is 8.61. The number of likely N-dealkylation sites (tertiary alicyclic amines) is 1. The summed E-state index contributed by atoms with van der Waals surface area (Å²) in [7, 11) is 0. The van der Waals surface area contributed by atoms with Crippen LogP contribution in [-0.2, 0) is 4.74 Å². The van der Waals surface area contributed by atoms with E-state index < -0.39 is 6.09 Å². The molecule has 2 aliphatic heterocycles. The summed E-state index contributed by atoms with van der Waals surface area (Å²) in [5, 5.41) is 9.93. The second kappa shape index (κ2) is 6.23. The highest BCUT2D eigenvalue weighted by molar-refractivity contribution is 6.30. The van der Waals surface area contributed by atoms with E-state index in [4.69, 9.17) is 16.3 Å². The topological polar surface area (TPSA) is 49.8 Å². The van der Waals surface area contributed by atoms with E-state index in [9.17, 15) is 9.90 Å². The molecule has 2 unspecified atom stereocenters. The molecule has 3 rings (SSSR count). The van der Waals surface area contributed by atoms with Crippen molar-refractivity contribution in [3.8, 4) is 0 Å². The summed E-state index contributed by atoms with van der Waals surface area (Å²) in [5.74, 6) is 0.292. The maximum absolute atomic E-state index is 11.2. The average Bonchev–Trinajstić information content (AvgIpc) is 2.87. The zero-order chi connectivity index (χ0) is 17.5. The Balaban J connectivity index is 1.85. The minimum absolute atomic E-state index is 0.0143. The molecule has 2 aliphatic rings. The van der Waals surface area contributed by atoms with Crippen LogP contribution in [0.1, 0.15) is 51.5 Å². The van der Waals surface area contributed by atoms with Gasteiger partial charge < -0.3 is 14.7 Å². The molecule has 2 heterocycles. The molecule has 0 saturated carbocycles. The number of nitrogens with zero attached hydrogens (tertiary/aromatic N) is 1. The average molecular weight is 352 g/mol. The number of carboxylic acid groups (broad SMARTS) is 1. The molecule has 1 aromatic rings. The van der Waals surface area contributed by atoms with Gasteiger partial charge in [-0.1, -0.05) is 44.5 Å². The van der Waals surface area contributed by atoms with Gasteiger partial charge in [-0.3, -0.25) is 0 Å². The minimum Gasteiger partial charge on any atom is -0.465 e. The van der Waals surface area contributed by atoms with Crippen molar-refractivity contribution in [2.45, 2.75) is 57.7 Å². The highest BCUT2D eigenvalue weighted by Crippen LogP contribution is 2.51. The van der Waals surface area contributed by atoms with Crippen molar-refractivity contribution < 1.29 is 14.6 Å². The second-order valence-electron chi connectivity index (χ2n) is 8.22. The number of rotatable bonds is 1. The van der Waals surface area contributed by atoms with E-state index in [2.05, 4.69) is 26.8 Å². The van der Waals surface area contributed by atoms with Crippen molar-refractivity contribution in [1.29, 1.82) is 0 Å². The van der Waals surface area contributed by atoms with Crippen molar-refractivity contribution in [3.63, 3.8) is 0 Å². The van der Waals surface area contributed by atoms with Gasteiger partial charge in [0.2, 0.25) is 0 Å². The summed E-state index contributed by atoms with van der Waals surface area (Å²) in [6, 6.07) is 8.06. The van der Waals surface area contributed by atoms with Crippen LogP contribution in [0, 0.1) is 5.41 Å². The fourth-order valence-corrected chi connectivity index (χ4v) is 4.34. The van der Waals surface area contributed by atoms with E-state index in [1.165, 1.54) is 10.5 Å². The van der Waals surface area contributed by atoms with Gasteiger partial charge in [0.15, 0.2) is 0 Å². The lowest BCUT2D eigenvalue weighted by atomic mass is 9.75. The molecule has 2 atom stereocenters. The third-order valence-electron chi connectivity index (χ3n) is 5.41. The molecule has 0 bridgehead atoms.